The number of aliphatic hydroxyl groups is 1. The SMILES string of the molecule is C#CCN(C)Cc1nc(C2(O)CCN(C(=O)NCc3ccccc3)CC2)cs1. The first-order valence-electron chi connectivity index (χ1n) is 9.36. The number of nitrogens with zero attached hydrogens (tertiary/aromatic N) is 3. The van der Waals surface area contributed by atoms with Crippen molar-refractivity contribution in [3.05, 3.63) is 52.0 Å². The fraction of sp³-hybridized carbons (Fsp3) is 0.429. The summed E-state index contributed by atoms with van der Waals surface area (Å²) in [6.45, 7) is 2.73. The summed E-state index contributed by atoms with van der Waals surface area (Å²) in [5.41, 5.74) is 0.787. The highest BCUT2D eigenvalue weighted by Gasteiger charge is 2.37. The van der Waals surface area contributed by atoms with Crippen LogP contribution >= 0.6 is 11.3 Å². The van der Waals surface area contributed by atoms with Crippen molar-refractivity contribution in [2.45, 2.75) is 31.5 Å². The molecule has 1 aromatic heterocycles. The van der Waals surface area contributed by atoms with Crippen LogP contribution in [0, 0.1) is 12.3 Å². The number of piperidine rings is 1. The zero-order chi connectivity index (χ0) is 20.0. The predicted molar refractivity (Wildman–Crippen MR) is 111 cm³/mol. The lowest BCUT2D eigenvalue weighted by Crippen LogP contribution is -2.48. The van der Waals surface area contributed by atoms with Gasteiger partial charge in [-0.1, -0.05) is 36.3 Å². The third-order valence-electron chi connectivity index (χ3n) is 4.96. The summed E-state index contributed by atoms with van der Waals surface area (Å²) in [6.07, 6.45) is 6.29. The Hall–Kier alpha value is -2.40. The molecule has 2 heterocycles. The lowest BCUT2D eigenvalue weighted by molar-refractivity contribution is -0.0200. The third kappa shape index (κ3) is 5.10. The van der Waals surface area contributed by atoms with E-state index in [1.165, 1.54) is 11.3 Å². The molecule has 0 atom stereocenters. The molecule has 0 unspecified atom stereocenters. The van der Waals surface area contributed by atoms with Gasteiger partial charge in [0.25, 0.3) is 0 Å². The van der Waals surface area contributed by atoms with Crippen molar-refractivity contribution in [1.29, 1.82) is 0 Å². The van der Waals surface area contributed by atoms with Crippen LogP contribution in [-0.2, 0) is 18.7 Å². The zero-order valence-electron chi connectivity index (χ0n) is 16.1. The van der Waals surface area contributed by atoms with Gasteiger partial charge in [-0.2, -0.15) is 0 Å². The molecule has 0 bridgehead atoms. The van der Waals surface area contributed by atoms with E-state index >= 15 is 0 Å². The molecule has 3 rings (SSSR count). The van der Waals surface area contributed by atoms with Gasteiger partial charge >= 0.3 is 6.03 Å². The van der Waals surface area contributed by atoms with Gasteiger partial charge in [0.2, 0.25) is 0 Å². The number of hydrogen-bond acceptors (Lipinski definition) is 5. The summed E-state index contributed by atoms with van der Waals surface area (Å²) >= 11 is 1.53. The van der Waals surface area contributed by atoms with Crippen LogP contribution in [0.5, 0.6) is 0 Å². The molecule has 1 fully saturated rings. The van der Waals surface area contributed by atoms with Crippen LogP contribution in [0.4, 0.5) is 4.79 Å². The highest BCUT2D eigenvalue weighted by molar-refractivity contribution is 7.09. The highest BCUT2D eigenvalue weighted by Crippen LogP contribution is 2.33. The fourth-order valence-corrected chi connectivity index (χ4v) is 4.23. The number of carbonyl (C=O) groups is 1. The third-order valence-corrected chi connectivity index (χ3v) is 5.79. The van der Waals surface area contributed by atoms with E-state index in [0.717, 1.165) is 10.6 Å². The van der Waals surface area contributed by atoms with Crippen LogP contribution in [0.15, 0.2) is 35.7 Å². The first kappa shape index (κ1) is 20.3. The van der Waals surface area contributed by atoms with Gasteiger partial charge in [-0.15, -0.1) is 17.8 Å². The Morgan fingerprint density at radius 2 is 2.11 bits per heavy atom. The van der Waals surface area contributed by atoms with Crippen LogP contribution in [0.2, 0.25) is 0 Å². The molecule has 2 N–H and O–H groups in total. The van der Waals surface area contributed by atoms with Crippen LogP contribution in [0.3, 0.4) is 0 Å². The number of likely N-dealkylation sites (tertiary alicyclic amines) is 1. The normalized spacial score (nSPS) is 16.0. The topological polar surface area (TPSA) is 68.7 Å². The maximum Gasteiger partial charge on any atom is 0.317 e. The number of benzene rings is 1. The number of carbonyl (C=O) groups excluding carboxylic acids is 1. The molecule has 1 saturated heterocycles. The van der Waals surface area contributed by atoms with Crippen molar-refractivity contribution in [3.63, 3.8) is 0 Å². The Bertz CT molecular complexity index is 822. The molecule has 0 spiro atoms. The zero-order valence-corrected chi connectivity index (χ0v) is 16.9. The summed E-state index contributed by atoms with van der Waals surface area (Å²) in [5.74, 6) is 2.61. The Kier molecular flexibility index (Phi) is 6.68. The Balaban J connectivity index is 1.51. The van der Waals surface area contributed by atoms with Crippen LogP contribution in [0.25, 0.3) is 0 Å². The first-order valence-corrected chi connectivity index (χ1v) is 10.2. The van der Waals surface area contributed by atoms with E-state index in [1.807, 2.05) is 47.7 Å². The molecule has 148 valence electrons. The van der Waals surface area contributed by atoms with Gasteiger partial charge < -0.3 is 15.3 Å². The molecule has 0 aliphatic carbocycles. The lowest BCUT2D eigenvalue weighted by atomic mass is 9.89. The van der Waals surface area contributed by atoms with Gasteiger partial charge in [0, 0.05) is 25.0 Å². The quantitative estimate of drug-likeness (QED) is 0.734. The number of hydrogen-bond donors (Lipinski definition) is 2. The van der Waals surface area contributed by atoms with E-state index in [1.54, 1.807) is 4.90 Å². The summed E-state index contributed by atoms with van der Waals surface area (Å²) in [6, 6.07) is 9.73. The number of terminal acetylenes is 1. The largest absolute Gasteiger partial charge is 0.383 e. The van der Waals surface area contributed by atoms with Crippen LogP contribution < -0.4 is 5.32 Å². The average Bonchev–Trinajstić information content (AvgIpc) is 3.17. The molecular formula is C21H26N4O2S. The molecule has 0 saturated carbocycles. The maximum atomic E-state index is 12.4. The molecule has 7 heteroatoms. The van der Waals surface area contributed by atoms with Gasteiger partial charge in [-0.05, 0) is 25.5 Å². The Morgan fingerprint density at radius 3 is 2.79 bits per heavy atom. The summed E-state index contributed by atoms with van der Waals surface area (Å²) < 4.78 is 0. The number of amides is 2. The van der Waals surface area contributed by atoms with Crippen molar-refractivity contribution in [2.24, 2.45) is 0 Å². The summed E-state index contributed by atoms with van der Waals surface area (Å²) in [5, 5.41) is 16.8. The van der Waals surface area contributed by atoms with Crippen molar-refractivity contribution >= 4 is 17.4 Å². The van der Waals surface area contributed by atoms with E-state index in [0.29, 0.717) is 51.3 Å². The lowest BCUT2D eigenvalue weighted by Gasteiger charge is -2.37. The van der Waals surface area contributed by atoms with Gasteiger partial charge in [0.05, 0.1) is 18.8 Å². The van der Waals surface area contributed by atoms with E-state index in [4.69, 9.17) is 6.42 Å². The molecule has 2 aromatic rings. The molecule has 1 aliphatic rings. The standard InChI is InChI=1S/C21H26N4O2S/c1-3-11-24(2)15-19-23-18(16-28-19)21(27)9-12-25(13-10-21)20(26)22-14-17-7-5-4-6-8-17/h1,4-8,16,27H,9-15H2,2H3,(H,22,26). The maximum absolute atomic E-state index is 12.4. The number of aromatic nitrogens is 1. The van der Waals surface area contributed by atoms with Gasteiger partial charge in [0.1, 0.15) is 10.6 Å². The molecular weight excluding hydrogens is 372 g/mol. The summed E-state index contributed by atoms with van der Waals surface area (Å²) in [4.78, 5) is 20.8. The van der Waals surface area contributed by atoms with Crippen LogP contribution in [-0.4, -0.2) is 52.6 Å². The molecule has 2 amide bonds. The minimum atomic E-state index is -0.977. The van der Waals surface area contributed by atoms with E-state index in [-0.39, 0.29) is 6.03 Å². The molecule has 1 aliphatic heterocycles. The Labute approximate surface area is 170 Å². The molecule has 6 nitrogen and oxygen atoms in total. The summed E-state index contributed by atoms with van der Waals surface area (Å²) in [7, 11) is 1.95. The smallest absolute Gasteiger partial charge is 0.317 e. The monoisotopic (exact) mass is 398 g/mol. The predicted octanol–water partition coefficient (Wildman–Crippen LogP) is 2.40. The second-order valence-corrected chi connectivity index (χ2v) is 8.11. The highest BCUT2D eigenvalue weighted by atomic mass is 32.1. The average molecular weight is 399 g/mol. The van der Waals surface area contributed by atoms with Crippen molar-refractivity contribution in [1.82, 2.24) is 20.1 Å². The van der Waals surface area contributed by atoms with Crippen molar-refractivity contribution in [3.8, 4) is 12.3 Å². The molecule has 1 aromatic carbocycles. The number of thiazole rings is 1. The second kappa shape index (κ2) is 9.20. The second-order valence-electron chi connectivity index (χ2n) is 7.17. The van der Waals surface area contributed by atoms with Gasteiger partial charge in [-0.3, -0.25) is 4.90 Å². The fourth-order valence-electron chi connectivity index (χ4n) is 3.26. The van der Waals surface area contributed by atoms with E-state index < -0.39 is 5.60 Å². The number of nitrogens with one attached hydrogen (secondary N) is 1. The van der Waals surface area contributed by atoms with E-state index in [2.05, 4.69) is 16.2 Å². The number of urea groups is 1. The van der Waals surface area contributed by atoms with Gasteiger partial charge in [-0.25, -0.2) is 9.78 Å². The minimum Gasteiger partial charge on any atom is -0.383 e. The molecule has 0 radical (unpaired) electrons. The first-order chi connectivity index (χ1) is 13.5. The Morgan fingerprint density at radius 1 is 1.39 bits per heavy atom. The van der Waals surface area contributed by atoms with Crippen molar-refractivity contribution in [2.75, 3.05) is 26.7 Å². The van der Waals surface area contributed by atoms with Crippen LogP contribution in [0.1, 0.15) is 29.1 Å². The number of rotatable bonds is 6. The minimum absolute atomic E-state index is 0.0965. The van der Waals surface area contributed by atoms with Crippen molar-refractivity contribution < 1.29 is 9.90 Å². The van der Waals surface area contributed by atoms with Gasteiger partial charge in [0.15, 0.2) is 0 Å². The van der Waals surface area contributed by atoms with E-state index in [9.17, 15) is 9.90 Å². The molecule has 28 heavy (non-hydrogen) atoms.